The van der Waals surface area contributed by atoms with Crippen LogP contribution < -0.4 is 0 Å². The summed E-state index contributed by atoms with van der Waals surface area (Å²) in [4.78, 5) is 7.92. The number of aliphatic hydroxyl groups is 1. The molecule has 6 heteroatoms. The molecule has 0 saturated heterocycles. The molecule has 3 rings (SSSR count). The van der Waals surface area contributed by atoms with E-state index in [1.807, 2.05) is 11.0 Å². The Morgan fingerprint density at radius 3 is 2.45 bits per heavy atom. The highest BCUT2D eigenvalue weighted by Crippen LogP contribution is 2.27. The highest BCUT2D eigenvalue weighted by molar-refractivity contribution is 8.13. The summed E-state index contributed by atoms with van der Waals surface area (Å²) in [6, 6.07) is 19.7. The number of nitrogens with zero attached hydrogens (tertiary/aromatic N) is 2. The molecule has 162 valence electrons. The maximum Gasteiger partial charge on any atom is 0.164 e. The maximum absolute atomic E-state index is 13.3. The molecule has 0 bridgehead atoms. The number of benzene rings is 3. The molecule has 0 atom stereocenters. The molecule has 0 heterocycles. The van der Waals surface area contributed by atoms with Crippen molar-refractivity contribution < 1.29 is 14.6 Å². The third-order valence-electron chi connectivity index (χ3n) is 4.77. The van der Waals surface area contributed by atoms with Crippen LogP contribution in [0.3, 0.4) is 0 Å². The van der Waals surface area contributed by atoms with Gasteiger partial charge in [-0.3, -0.25) is 4.99 Å². The van der Waals surface area contributed by atoms with Gasteiger partial charge in [0.25, 0.3) is 0 Å². The fraction of sp³-hybridized carbons (Fsp3) is 0.240. The summed E-state index contributed by atoms with van der Waals surface area (Å²) in [5.74, 6) is -0.0725. The Balaban J connectivity index is 1.92. The average molecular weight is 439 g/mol. The fourth-order valence-electron chi connectivity index (χ4n) is 3.20. The van der Waals surface area contributed by atoms with Gasteiger partial charge in [-0.05, 0) is 60.9 Å². The first kappa shape index (κ1) is 22.8. The van der Waals surface area contributed by atoms with Crippen LogP contribution in [0.25, 0.3) is 0 Å². The second kappa shape index (κ2) is 11.0. The van der Waals surface area contributed by atoms with Gasteiger partial charge in [0.05, 0.1) is 13.2 Å². The summed E-state index contributed by atoms with van der Waals surface area (Å²) in [5.41, 5.74) is 4.17. The number of aliphatic imine (C=N–C) groups is 1. The number of phenolic OH excluding ortho intramolecular Hbond substituents is 1. The Kier molecular flexibility index (Phi) is 8.09. The van der Waals surface area contributed by atoms with Gasteiger partial charge in [-0.25, -0.2) is 4.39 Å². The summed E-state index contributed by atoms with van der Waals surface area (Å²) in [6.07, 6.45) is 0. The van der Waals surface area contributed by atoms with Gasteiger partial charge in [0.1, 0.15) is 11.6 Å². The van der Waals surface area contributed by atoms with Crippen molar-refractivity contribution in [1.29, 1.82) is 0 Å². The van der Waals surface area contributed by atoms with Gasteiger partial charge >= 0.3 is 0 Å². The van der Waals surface area contributed by atoms with Crippen LogP contribution in [0, 0.1) is 19.7 Å². The normalized spacial score (nSPS) is 11.5. The molecule has 0 amide bonds. The zero-order valence-electron chi connectivity index (χ0n) is 17.8. The lowest BCUT2D eigenvalue weighted by Gasteiger charge is -2.26. The molecule has 0 aliphatic rings. The van der Waals surface area contributed by atoms with E-state index in [9.17, 15) is 14.6 Å². The Morgan fingerprint density at radius 2 is 1.77 bits per heavy atom. The van der Waals surface area contributed by atoms with Gasteiger partial charge in [-0.2, -0.15) is 0 Å². The molecule has 4 nitrogen and oxygen atoms in total. The van der Waals surface area contributed by atoms with Crippen molar-refractivity contribution in [3.63, 3.8) is 0 Å². The summed E-state index contributed by atoms with van der Waals surface area (Å²) in [5, 5.41) is 20.3. The molecule has 0 unspecified atom stereocenters. The van der Waals surface area contributed by atoms with E-state index >= 15 is 0 Å². The Bertz CT molecular complexity index is 1040. The average Bonchev–Trinajstić information content (AvgIpc) is 2.73. The smallest absolute Gasteiger partial charge is 0.164 e. The number of thioether (sulfide) groups is 1. The number of rotatable bonds is 7. The number of phenols is 1. The topological polar surface area (TPSA) is 56.1 Å². The minimum atomic E-state index is -0.275. The fourth-order valence-corrected chi connectivity index (χ4v) is 4.16. The van der Waals surface area contributed by atoms with Crippen LogP contribution in [-0.4, -0.2) is 33.4 Å². The van der Waals surface area contributed by atoms with Crippen molar-refractivity contribution in [3.8, 4) is 5.75 Å². The third kappa shape index (κ3) is 6.84. The van der Waals surface area contributed by atoms with Crippen molar-refractivity contribution in [3.05, 3.63) is 94.8 Å². The van der Waals surface area contributed by atoms with Gasteiger partial charge in [0.15, 0.2) is 5.17 Å². The molecule has 0 aliphatic heterocycles. The number of aliphatic hydroxyl groups excluding tert-OH is 1. The zero-order chi connectivity index (χ0) is 22.2. The second-order valence-electron chi connectivity index (χ2n) is 7.41. The first-order valence-corrected chi connectivity index (χ1v) is 10.9. The predicted molar refractivity (Wildman–Crippen MR) is 125 cm³/mol. The molecule has 0 radical (unpaired) electrons. The number of halogens is 1. The summed E-state index contributed by atoms with van der Waals surface area (Å²) < 4.78 is 13.3. The number of aromatic hydroxyl groups is 1. The van der Waals surface area contributed by atoms with E-state index in [1.165, 1.54) is 17.7 Å². The second-order valence-corrected chi connectivity index (χ2v) is 8.42. The lowest BCUT2D eigenvalue weighted by molar-refractivity contribution is 0.248. The first-order valence-electron chi connectivity index (χ1n) is 10.1. The number of amidine groups is 1. The van der Waals surface area contributed by atoms with Gasteiger partial charge in [-0.15, -0.1) is 0 Å². The van der Waals surface area contributed by atoms with Crippen LogP contribution in [0.1, 0.15) is 22.3 Å². The standard InChI is InChI=1S/C25H27FN2O2S/c1-18-6-11-24(19(2)14-18)31-25(27-16-20-7-9-22(26)10-8-20)28(12-13-29)17-21-4-3-5-23(30)15-21/h3-11,14-15,29-30H,12-13,16-17H2,1-2H3. The summed E-state index contributed by atoms with van der Waals surface area (Å²) in [7, 11) is 0. The molecule has 0 spiro atoms. The van der Waals surface area contributed by atoms with Crippen LogP contribution in [0.15, 0.2) is 76.6 Å². The minimum absolute atomic E-state index is 0.0260. The predicted octanol–water partition coefficient (Wildman–Crippen LogP) is 5.29. The molecule has 3 aromatic carbocycles. The number of hydrogen-bond acceptors (Lipinski definition) is 4. The van der Waals surface area contributed by atoms with Crippen LogP contribution in [0.2, 0.25) is 0 Å². The molecule has 31 heavy (non-hydrogen) atoms. The molecule has 2 N–H and O–H groups in total. The molecule has 3 aromatic rings. The maximum atomic E-state index is 13.3. The van der Waals surface area contributed by atoms with Crippen molar-refractivity contribution in [2.24, 2.45) is 4.99 Å². The van der Waals surface area contributed by atoms with E-state index in [4.69, 9.17) is 4.99 Å². The minimum Gasteiger partial charge on any atom is -0.508 e. The largest absolute Gasteiger partial charge is 0.508 e. The van der Waals surface area contributed by atoms with E-state index < -0.39 is 0 Å². The Morgan fingerprint density at radius 1 is 1.00 bits per heavy atom. The van der Waals surface area contributed by atoms with Gasteiger partial charge in [-0.1, -0.05) is 53.7 Å². The van der Waals surface area contributed by atoms with Crippen LogP contribution in [-0.2, 0) is 13.1 Å². The molecule has 0 aromatic heterocycles. The van der Waals surface area contributed by atoms with Crippen molar-refractivity contribution >= 4 is 16.9 Å². The molecule has 0 fully saturated rings. The van der Waals surface area contributed by atoms with Gasteiger partial charge in [0.2, 0.25) is 0 Å². The SMILES string of the molecule is Cc1ccc(SC(=NCc2ccc(F)cc2)N(CCO)Cc2cccc(O)c2)c(C)c1. The quantitative estimate of drug-likeness (QED) is 0.299. The number of hydrogen-bond donors (Lipinski definition) is 2. The van der Waals surface area contributed by atoms with Gasteiger partial charge < -0.3 is 15.1 Å². The summed E-state index contributed by atoms with van der Waals surface area (Å²) >= 11 is 1.55. The van der Waals surface area contributed by atoms with Crippen molar-refractivity contribution in [2.75, 3.05) is 13.2 Å². The lowest BCUT2D eigenvalue weighted by Crippen LogP contribution is -2.31. The zero-order valence-corrected chi connectivity index (χ0v) is 18.6. The van der Waals surface area contributed by atoms with Crippen LogP contribution >= 0.6 is 11.8 Å². The monoisotopic (exact) mass is 438 g/mol. The molecular weight excluding hydrogens is 411 g/mol. The highest BCUT2D eigenvalue weighted by Gasteiger charge is 2.15. The van der Waals surface area contributed by atoms with Gasteiger partial charge in [0, 0.05) is 18.0 Å². The van der Waals surface area contributed by atoms with Crippen LogP contribution in [0.4, 0.5) is 4.39 Å². The number of aryl methyl sites for hydroxylation is 2. The van der Waals surface area contributed by atoms with Crippen molar-refractivity contribution in [1.82, 2.24) is 4.90 Å². The van der Waals surface area contributed by atoms with E-state index in [1.54, 1.807) is 42.1 Å². The van der Waals surface area contributed by atoms with E-state index in [0.717, 1.165) is 26.8 Å². The molecule has 0 aliphatic carbocycles. The highest BCUT2D eigenvalue weighted by atomic mass is 32.2. The van der Waals surface area contributed by atoms with E-state index in [2.05, 4.69) is 32.0 Å². The molecular formula is C25H27FN2O2S. The first-order chi connectivity index (χ1) is 14.9. The Labute approximate surface area is 187 Å². The molecule has 0 saturated carbocycles. The lowest BCUT2D eigenvalue weighted by atomic mass is 10.2. The van der Waals surface area contributed by atoms with Crippen molar-refractivity contribution in [2.45, 2.75) is 31.8 Å². The van der Waals surface area contributed by atoms with Crippen LogP contribution in [0.5, 0.6) is 5.75 Å². The van der Waals surface area contributed by atoms with E-state index in [-0.39, 0.29) is 18.2 Å². The third-order valence-corrected chi connectivity index (χ3v) is 6.01. The van der Waals surface area contributed by atoms with E-state index in [0.29, 0.717) is 19.6 Å². The Hall–Kier alpha value is -2.83. The summed E-state index contributed by atoms with van der Waals surface area (Å²) in [6.45, 7) is 5.39.